The quantitative estimate of drug-likeness (QED) is 0.519. The number of halogens is 3. The minimum absolute atomic E-state index is 0. The second-order valence-corrected chi connectivity index (χ2v) is 7.32. The van der Waals surface area contributed by atoms with E-state index in [9.17, 15) is 5.11 Å². The van der Waals surface area contributed by atoms with Gasteiger partial charge in [-0.2, -0.15) is 0 Å². The van der Waals surface area contributed by atoms with Crippen LogP contribution < -0.4 is 4.90 Å². The third-order valence-electron chi connectivity index (χ3n) is 4.45. The number of rotatable bonds is 7. The molecule has 1 fully saturated rings. The maximum atomic E-state index is 10.2. The molecule has 5 nitrogen and oxygen atoms in total. The van der Waals surface area contributed by atoms with Crippen molar-refractivity contribution >= 4 is 47.5 Å². The minimum atomic E-state index is -0.584. The summed E-state index contributed by atoms with van der Waals surface area (Å²) in [6, 6.07) is 15.2. The molecule has 0 aliphatic carbocycles. The van der Waals surface area contributed by atoms with E-state index < -0.39 is 6.10 Å². The van der Waals surface area contributed by atoms with E-state index in [0.717, 1.165) is 42.5 Å². The van der Waals surface area contributed by atoms with E-state index in [-0.39, 0.29) is 19.0 Å². The first-order valence-corrected chi connectivity index (χ1v) is 9.68. The Morgan fingerprint density at radius 3 is 2.39 bits per heavy atom. The summed E-state index contributed by atoms with van der Waals surface area (Å²) in [7, 11) is 0. The zero-order valence-corrected chi connectivity index (χ0v) is 17.7. The summed E-state index contributed by atoms with van der Waals surface area (Å²) in [6.07, 6.45) is 1.02. The number of aliphatic hydroxyl groups excluding tert-OH is 1. The molecule has 8 heteroatoms. The molecule has 1 unspecified atom stereocenters. The molecule has 0 saturated carbocycles. The van der Waals surface area contributed by atoms with Gasteiger partial charge in [-0.25, -0.2) is 0 Å². The number of hydrogen-bond acceptors (Lipinski definition) is 5. The normalized spacial score (nSPS) is 16.0. The number of piperazine rings is 1. The molecule has 1 aliphatic heterocycles. The fourth-order valence-corrected chi connectivity index (χ4v) is 3.39. The molecule has 0 spiro atoms. The number of nitrogens with zero attached hydrogens (tertiary/aromatic N) is 3. The minimum Gasteiger partial charge on any atom is -0.393 e. The van der Waals surface area contributed by atoms with Crippen molar-refractivity contribution in [1.82, 2.24) is 4.90 Å². The lowest BCUT2D eigenvalue weighted by atomic mass is 10.2. The summed E-state index contributed by atoms with van der Waals surface area (Å²) in [5.74, 6) is 0. The third kappa shape index (κ3) is 6.83. The Labute approximate surface area is 181 Å². The second-order valence-electron chi connectivity index (χ2n) is 6.47. The Morgan fingerprint density at radius 1 is 1.04 bits per heavy atom. The maximum absolute atomic E-state index is 10.2. The fraction of sp³-hybridized carbons (Fsp3) is 0.350. The molecule has 2 aromatic carbocycles. The van der Waals surface area contributed by atoms with E-state index >= 15 is 0 Å². The first kappa shape index (κ1) is 22.8. The highest BCUT2D eigenvalue weighted by molar-refractivity contribution is 6.33. The van der Waals surface area contributed by atoms with Crippen molar-refractivity contribution in [2.75, 3.05) is 44.2 Å². The van der Waals surface area contributed by atoms with Crippen LogP contribution in [0.5, 0.6) is 0 Å². The van der Waals surface area contributed by atoms with Crippen LogP contribution in [0, 0.1) is 0 Å². The van der Waals surface area contributed by atoms with Gasteiger partial charge in [-0.3, -0.25) is 4.90 Å². The van der Waals surface area contributed by atoms with Gasteiger partial charge in [-0.15, -0.1) is 12.4 Å². The lowest BCUT2D eigenvalue weighted by Gasteiger charge is -2.37. The van der Waals surface area contributed by atoms with Gasteiger partial charge in [-0.05, 0) is 29.8 Å². The molecule has 3 rings (SSSR count). The molecule has 1 aliphatic rings. The van der Waals surface area contributed by atoms with Gasteiger partial charge in [0.15, 0.2) is 0 Å². The van der Waals surface area contributed by atoms with E-state index in [1.54, 1.807) is 18.3 Å². The van der Waals surface area contributed by atoms with Crippen LogP contribution >= 0.6 is 35.6 Å². The van der Waals surface area contributed by atoms with E-state index in [1.165, 1.54) is 0 Å². The van der Waals surface area contributed by atoms with Crippen molar-refractivity contribution in [2.24, 2.45) is 5.16 Å². The average molecular weight is 445 g/mol. The largest absolute Gasteiger partial charge is 0.393 e. The van der Waals surface area contributed by atoms with Crippen molar-refractivity contribution in [3.63, 3.8) is 0 Å². The standard InChI is InChI=1S/C20H23Cl2N3O2.ClH/c21-17-7-5-16(6-8-17)13-23-27-15-18(26)14-24-9-11-25(12-10-24)20-4-2-1-3-19(20)22;/h1-8,13,18,26H,9-12,14-15H2;1H/b23-13+;. The summed E-state index contributed by atoms with van der Waals surface area (Å²) in [5.41, 5.74) is 1.96. The fourth-order valence-electron chi connectivity index (χ4n) is 3.01. The first-order chi connectivity index (χ1) is 13.1. The van der Waals surface area contributed by atoms with Gasteiger partial charge < -0.3 is 14.8 Å². The highest BCUT2D eigenvalue weighted by atomic mass is 35.5. The lowest BCUT2D eigenvalue weighted by Crippen LogP contribution is -2.49. The van der Waals surface area contributed by atoms with Gasteiger partial charge >= 0.3 is 0 Å². The van der Waals surface area contributed by atoms with E-state index in [0.29, 0.717) is 11.6 Å². The molecule has 1 heterocycles. The molecule has 1 saturated heterocycles. The number of benzene rings is 2. The molecule has 0 amide bonds. The van der Waals surface area contributed by atoms with Crippen LogP contribution in [-0.4, -0.2) is 61.7 Å². The predicted molar refractivity (Wildman–Crippen MR) is 118 cm³/mol. The molecule has 28 heavy (non-hydrogen) atoms. The number of β-amino-alcohol motifs (C(OH)–C–C–N with tert-alkyl or cyclic N) is 1. The van der Waals surface area contributed by atoms with Crippen LogP contribution in [0.15, 0.2) is 53.7 Å². The first-order valence-electron chi connectivity index (χ1n) is 8.92. The second kappa shape index (κ2) is 11.5. The number of aliphatic hydroxyl groups is 1. The monoisotopic (exact) mass is 443 g/mol. The van der Waals surface area contributed by atoms with E-state index in [1.807, 2.05) is 36.4 Å². The summed E-state index contributed by atoms with van der Waals surface area (Å²) in [5, 5.41) is 15.5. The van der Waals surface area contributed by atoms with Gasteiger partial charge in [0, 0.05) is 37.7 Å². The third-order valence-corrected chi connectivity index (χ3v) is 5.02. The van der Waals surface area contributed by atoms with Crippen molar-refractivity contribution in [3.8, 4) is 0 Å². The summed E-state index contributed by atoms with van der Waals surface area (Å²) < 4.78 is 0. The number of oxime groups is 1. The van der Waals surface area contributed by atoms with Crippen LogP contribution in [0.25, 0.3) is 0 Å². The van der Waals surface area contributed by atoms with Gasteiger partial charge in [0.25, 0.3) is 0 Å². The molecule has 152 valence electrons. The molecule has 0 bridgehead atoms. The summed E-state index contributed by atoms with van der Waals surface area (Å²) >= 11 is 12.1. The van der Waals surface area contributed by atoms with Crippen molar-refractivity contribution < 1.29 is 9.94 Å². The van der Waals surface area contributed by atoms with Crippen molar-refractivity contribution in [3.05, 3.63) is 64.1 Å². The summed E-state index contributed by atoms with van der Waals surface area (Å²) in [4.78, 5) is 9.71. The molecule has 0 radical (unpaired) electrons. The topological polar surface area (TPSA) is 48.3 Å². The zero-order valence-electron chi connectivity index (χ0n) is 15.4. The Morgan fingerprint density at radius 2 is 1.71 bits per heavy atom. The van der Waals surface area contributed by atoms with Crippen LogP contribution in [0.2, 0.25) is 10.0 Å². The Hall–Kier alpha value is -1.50. The molecular weight excluding hydrogens is 421 g/mol. The van der Waals surface area contributed by atoms with Crippen molar-refractivity contribution in [1.29, 1.82) is 0 Å². The van der Waals surface area contributed by atoms with Crippen LogP contribution in [0.4, 0.5) is 5.69 Å². The molecule has 2 aromatic rings. The van der Waals surface area contributed by atoms with Crippen LogP contribution in [0.1, 0.15) is 5.56 Å². The maximum Gasteiger partial charge on any atom is 0.144 e. The molecule has 0 aromatic heterocycles. The SMILES string of the molecule is Cl.OC(CO/N=C/c1ccc(Cl)cc1)CN1CCN(c2ccccc2Cl)CC1. The van der Waals surface area contributed by atoms with Crippen LogP contribution in [-0.2, 0) is 4.84 Å². The average Bonchev–Trinajstić information content (AvgIpc) is 2.68. The molecule has 1 N–H and O–H groups in total. The van der Waals surface area contributed by atoms with Gasteiger partial charge in [-0.1, -0.05) is 52.6 Å². The highest BCUT2D eigenvalue weighted by Gasteiger charge is 2.20. The summed E-state index contributed by atoms with van der Waals surface area (Å²) in [6.45, 7) is 4.23. The Balaban J connectivity index is 0.00000280. The van der Waals surface area contributed by atoms with E-state index in [4.69, 9.17) is 28.0 Å². The zero-order chi connectivity index (χ0) is 19.1. The highest BCUT2D eigenvalue weighted by Crippen LogP contribution is 2.26. The smallest absolute Gasteiger partial charge is 0.144 e. The predicted octanol–water partition coefficient (Wildman–Crippen LogP) is 3.95. The van der Waals surface area contributed by atoms with Gasteiger partial charge in [0.1, 0.15) is 12.7 Å². The van der Waals surface area contributed by atoms with E-state index in [2.05, 4.69) is 15.0 Å². The van der Waals surface area contributed by atoms with Gasteiger partial charge in [0.2, 0.25) is 0 Å². The van der Waals surface area contributed by atoms with Crippen molar-refractivity contribution in [2.45, 2.75) is 6.10 Å². The molecule has 1 atom stereocenters. The Bertz CT molecular complexity index is 751. The Kier molecular flexibility index (Phi) is 9.35. The number of para-hydroxylation sites is 1. The number of hydrogen-bond donors (Lipinski definition) is 1. The number of anilines is 1. The van der Waals surface area contributed by atoms with Crippen LogP contribution in [0.3, 0.4) is 0 Å². The lowest BCUT2D eigenvalue weighted by molar-refractivity contribution is 0.0187. The molecular formula is C20H24Cl3N3O2. The van der Waals surface area contributed by atoms with Gasteiger partial charge in [0.05, 0.1) is 16.9 Å².